The third kappa shape index (κ3) is 3.34. The predicted octanol–water partition coefficient (Wildman–Crippen LogP) is 3.63. The molecule has 1 fully saturated rings. The normalized spacial score (nSPS) is 18.3. The number of hydrogen-bond donors (Lipinski definition) is 1. The highest BCUT2D eigenvalue weighted by atomic mass is 16.1. The van der Waals surface area contributed by atoms with Crippen molar-refractivity contribution in [1.82, 2.24) is 5.32 Å². The highest BCUT2D eigenvalue weighted by Gasteiger charge is 2.22. The molecule has 2 heteroatoms. The predicted molar refractivity (Wildman–Crippen MR) is 74.5 cm³/mol. The zero-order valence-electron chi connectivity index (χ0n) is 11.2. The lowest BCUT2D eigenvalue weighted by molar-refractivity contribution is -0.123. The van der Waals surface area contributed by atoms with Crippen molar-refractivity contribution in [2.24, 2.45) is 0 Å². The van der Waals surface area contributed by atoms with Crippen LogP contribution in [0.15, 0.2) is 30.3 Å². The Labute approximate surface area is 110 Å². The van der Waals surface area contributed by atoms with Crippen LogP contribution < -0.4 is 5.32 Å². The minimum atomic E-state index is 0.00752. The van der Waals surface area contributed by atoms with Crippen LogP contribution in [0.2, 0.25) is 0 Å². The van der Waals surface area contributed by atoms with E-state index in [2.05, 4.69) is 24.4 Å². The molecule has 18 heavy (non-hydrogen) atoms. The third-order valence-corrected chi connectivity index (χ3v) is 3.88. The molecular weight excluding hydrogens is 222 g/mol. The number of nitrogens with one attached hydrogen (secondary N) is 1. The van der Waals surface area contributed by atoms with Gasteiger partial charge in [0.2, 0.25) is 5.91 Å². The van der Waals surface area contributed by atoms with Crippen molar-refractivity contribution in [2.75, 3.05) is 0 Å². The molecule has 1 aliphatic carbocycles. The molecule has 2 nitrogen and oxygen atoms in total. The quantitative estimate of drug-likeness (QED) is 0.862. The van der Waals surface area contributed by atoms with E-state index in [1.165, 1.54) is 19.3 Å². The van der Waals surface area contributed by atoms with E-state index in [0.717, 1.165) is 24.8 Å². The molecule has 0 aliphatic heterocycles. The number of amides is 1. The van der Waals surface area contributed by atoms with Crippen LogP contribution in [-0.4, -0.2) is 11.9 Å². The molecule has 1 aromatic rings. The van der Waals surface area contributed by atoms with Crippen LogP contribution in [0.5, 0.6) is 0 Å². The SMILES string of the molecule is CC[C@H](C(=O)NC1CCCCC1)c1ccccc1. The molecule has 1 atom stereocenters. The summed E-state index contributed by atoms with van der Waals surface area (Å²) in [4.78, 5) is 12.3. The topological polar surface area (TPSA) is 29.1 Å². The summed E-state index contributed by atoms with van der Waals surface area (Å²) in [5, 5.41) is 3.23. The molecular formula is C16H23NO. The van der Waals surface area contributed by atoms with Gasteiger partial charge in [0, 0.05) is 6.04 Å². The van der Waals surface area contributed by atoms with Crippen molar-refractivity contribution in [3.05, 3.63) is 35.9 Å². The van der Waals surface area contributed by atoms with Crippen molar-refractivity contribution in [3.63, 3.8) is 0 Å². The fraction of sp³-hybridized carbons (Fsp3) is 0.562. The van der Waals surface area contributed by atoms with Gasteiger partial charge >= 0.3 is 0 Å². The summed E-state index contributed by atoms with van der Waals surface area (Å²) in [6.07, 6.45) is 7.00. The lowest BCUT2D eigenvalue weighted by Gasteiger charge is -2.25. The zero-order valence-corrected chi connectivity index (χ0v) is 11.2. The Morgan fingerprint density at radius 1 is 1.22 bits per heavy atom. The Morgan fingerprint density at radius 3 is 2.50 bits per heavy atom. The first-order chi connectivity index (χ1) is 8.81. The standard InChI is InChI=1S/C16H23NO/c1-2-15(13-9-5-3-6-10-13)16(18)17-14-11-7-4-8-12-14/h3,5-6,9-10,14-15H,2,4,7-8,11-12H2,1H3,(H,17,18)/t15-/m0/s1. The van der Waals surface area contributed by atoms with Crippen molar-refractivity contribution >= 4 is 5.91 Å². The monoisotopic (exact) mass is 245 g/mol. The van der Waals surface area contributed by atoms with Crippen LogP contribution in [0.1, 0.15) is 56.9 Å². The van der Waals surface area contributed by atoms with Gasteiger partial charge in [0.05, 0.1) is 5.92 Å². The van der Waals surface area contributed by atoms with E-state index in [-0.39, 0.29) is 11.8 Å². The van der Waals surface area contributed by atoms with Gasteiger partial charge in [-0.15, -0.1) is 0 Å². The van der Waals surface area contributed by atoms with Crippen molar-refractivity contribution in [3.8, 4) is 0 Å². The molecule has 1 aromatic carbocycles. The summed E-state index contributed by atoms with van der Waals surface area (Å²) in [5.74, 6) is 0.212. The number of rotatable bonds is 4. The highest BCUT2D eigenvalue weighted by molar-refractivity contribution is 5.83. The highest BCUT2D eigenvalue weighted by Crippen LogP contribution is 2.22. The molecule has 1 N–H and O–H groups in total. The van der Waals surface area contributed by atoms with Crippen molar-refractivity contribution in [2.45, 2.75) is 57.4 Å². The van der Waals surface area contributed by atoms with Gasteiger partial charge in [-0.25, -0.2) is 0 Å². The van der Waals surface area contributed by atoms with E-state index >= 15 is 0 Å². The fourth-order valence-corrected chi connectivity index (χ4v) is 2.81. The van der Waals surface area contributed by atoms with E-state index in [1.54, 1.807) is 0 Å². The lowest BCUT2D eigenvalue weighted by atomic mass is 9.92. The summed E-state index contributed by atoms with van der Waals surface area (Å²) < 4.78 is 0. The van der Waals surface area contributed by atoms with Gasteiger partial charge in [-0.3, -0.25) is 4.79 Å². The summed E-state index contributed by atoms with van der Waals surface area (Å²) in [6.45, 7) is 2.08. The molecule has 1 aliphatic rings. The Kier molecular flexibility index (Phi) is 4.80. The van der Waals surface area contributed by atoms with Gasteiger partial charge in [-0.2, -0.15) is 0 Å². The molecule has 98 valence electrons. The van der Waals surface area contributed by atoms with E-state index < -0.39 is 0 Å². The molecule has 0 spiro atoms. The number of carbonyl (C=O) groups is 1. The summed E-state index contributed by atoms with van der Waals surface area (Å²) in [6, 6.07) is 10.5. The average molecular weight is 245 g/mol. The van der Waals surface area contributed by atoms with Gasteiger partial charge in [-0.1, -0.05) is 56.5 Å². The Hall–Kier alpha value is -1.31. The second kappa shape index (κ2) is 6.58. The minimum Gasteiger partial charge on any atom is -0.353 e. The second-order valence-electron chi connectivity index (χ2n) is 5.22. The smallest absolute Gasteiger partial charge is 0.227 e. The van der Waals surface area contributed by atoms with E-state index in [4.69, 9.17) is 0 Å². The van der Waals surface area contributed by atoms with E-state index in [1.807, 2.05) is 18.2 Å². The molecule has 0 unspecified atom stereocenters. The van der Waals surface area contributed by atoms with Gasteiger partial charge in [-0.05, 0) is 24.8 Å². The summed E-state index contributed by atoms with van der Waals surface area (Å²) in [5.41, 5.74) is 1.13. The molecule has 0 aromatic heterocycles. The summed E-state index contributed by atoms with van der Waals surface area (Å²) in [7, 11) is 0. The van der Waals surface area contributed by atoms with Crippen LogP contribution in [0, 0.1) is 0 Å². The van der Waals surface area contributed by atoms with Crippen molar-refractivity contribution in [1.29, 1.82) is 0 Å². The number of benzene rings is 1. The zero-order chi connectivity index (χ0) is 12.8. The maximum absolute atomic E-state index is 12.3. The maximum atomic E-state index is 12.3. The van der Waals surface area contributed by atoms with E-state index in [9.17, 15) is 4.79 Å². The first-order valence-electron chi connectivity index (χ1n) is 7.16. The average Bonchev–Trinajstić information content (AvgIpc) is 2.42. The molecule has 2 rings (SSSR count). The van der Waals surface area contributed by atoms with Gasteiger partial charge in [0.15, 0.2) is 0 Å². The molecule has 1 amide bonds. The van der Waals surface area contributed by atoms with Crippen LogP contribution in [-0.2, 0) is 4.79 Å². The molecule has 0 saturated heterocycles. The van der Waals surface area contributed by atoms with Crippen LogP contribution in [0.25, 0.3) is 0 Å². The first kappa shape index (κ1) is 13.1. The minimum absolute atomic E-state index is 0.00752. The Balaban J connectivity index is 1.97. The van der Waals surface area contributed by atoms with Crippen LogP contribution in [0.4, 0.5) is 0 Å². The molecule has 0 radical (unpaired) electrons. The van der Waals surface area contributed by atoms with Crippen LogP contribution in [0.3, 0.4) is 0 Å². The largest absolute Gasteiger partial charge is 0.353 e. The van der Waals surface area contributed by atoms with Gasteiger partial charge < -0.3 is 5.32 Å². The Morgan fingerprint density at radius 2 is 1.89 bits per heavy atom. The summed E-state index contributed by atoms with van der Waals surface area (Å²) >= 11 is 0. The molecule has 1 saturated carbocycles. The number of carbonyl (C=O) groups excluding carboxylic acids is 1. The fourth-order valence-electron chi connectivity index (χ4n) is 2.81. The molecule has 0 heterocycles. The maximum Gasteiger partial charge on any atom is 0.227 e. The van der Waals surface area contributed by atoms with Crippen molar-refractivity contribution < 1.29 is 4.79 Å². The van der Waals surface area contributed by atoms with Gasteiger partial charge in [0.25, 0.3) is 0 Å². The molecule has 0 bridgehead atoms. The third-order valence-electron chi connectivity index (χ3n) is 3.88. The van der Waals surface area contributed by atoms with Crippen LogP contribution >= 0.6 is 0 Å². The first-order valence-corrected chi connectivity index (χ1v) is 7.16. The lowest BCUT2D eigenvalue weighted by Crippen LogP contribution is -2.39. The van der Waals surface area contributed by atoms with Gasteiger partial charge in [0.1, 0.15) is 0 Å². The number of hydrogen-bond acceptors (Lipinski definition) is 1. The van der Waals surface area contributed by atoms with E-state index in [0.29, 0.717) is 6.04 Å². The Bertz CT molecular complexity index is 368. The second-order valence-corrected chi connectivity index (χ2v) is 5.22.